The van der Waals surface area contributed by atoms with Crippen molar-refractivity contribution in [3.05, 3.63) is 12.0 Å². The van der Waals surface area contributed by atoms with Gasteiger partial charge in [-0.25, -0.2) is 9.78 Å². The van der Waals surface area contributed by atoms with Crippen molar-refractivity contribution in [1.82, 2.24) is 9.55 Å². The van der Waals surface area contributed by atoms with Crippen LogP contribution in [0.1, 0.15) is 37.2 Å². The maximum atomic E-state index is 11.6. The molecule has 0 aliphatic carbocycles. The Morgan fingerprint density at radius 2 is 2.50 bits per heavy atom. The van der Waals surface area contributed by atoms with E-state index in [0.717, 1.165) is 19.4 Å². The number of aromatic nitrogens is 2. The van der Waals surface area contributed by atoms with Gasteiger partial charge in [0.15, 0.2) is 5.69 Å². The normalized spacial score (nSPS) is 23.2. The molecule has 1 atom stereocenters. The highest BCUT2D eigenvalue weighted by molar-refractivity contribution is 5.92. The fourth-order valence-corrected chi connectivity index (χ4v) is 2.20. The average molecular weight is 253 g/mol. The molecule has 0 radical (unpaired) electrons. The number of nitrogens with two attached hydrogens (primary N) is 1. The molecule has 2 N–H and O–H groups in total. The summed E-state index contributed by atoms with van der Waals surface area (Å²) >= 11 is 0. The van der Waals surface area contributed by atoms with Crippen LogP contribution < -0.4 is 5.73 Å². The highest BCUT2D eigenvalue weighted by atomic mass is 16.5. The zero-order chi connectivity index (χ0) is 13.2. The lowest BCUT2D eigenvalue weighted by molar-refractivity contribution is 0.00659. The van der Waals surface area contributed by atoms with Crippen molar-refractivity contribution in [1.29, 1.82) is 0 Å². The van der Waals surface area contributed by atoms with E-state index in [1.165, 1.54) is 0 Å². The van der Waals surface area contributed by atoms with Crippen LogP contribution in [0.2, 0.25) is 0 Å². The van der Waals surface area contributed by atoms with Gasteiger partial charge in [-0.2, -0.15) is 0 Å². The summed E-state index contributed by atoms with van der Waals surface area (Å²) in [5.41, 5.74) is 5.87. The van der Waals surface area contributed by atoms with Crippen molar-refractivity contribution in [2.45, 2.75) is 38.8 Å². The summed E-state index contributed by atoms with van der Waals surface area (Å²) in [5.74, 6) is -0.142. The molecule has 0 aromatic carbocycles. The van der Waals surface area contributed by atoms with E-state index in [4.69, 9.17) is 15.2 Å². The van der Waals surface area contributed by atoms with E-state index in [1.54, 1.807) is 17.8 Å². The van der Waals surface area contributed by atoms with Crippen LogP contribution in [0.15, 0.2) is 6.33 Å². The monoisotopic (exact) mass is 253 g/mol. The summed E-state index contributed by atoms with van der Waals surface area (Å²) < 4.78 is 12.3. The zero-order valence-corrected chi connectivity index (χ0v) is 10.8. The number of nitrogen functional groups attached to an aromatic ring is 1. The number of hydrogen-bond donors (Lipinski definition) is 1. The Morgan fingerprint density at radius 1 is 1.72 bits per heavy atom. The van der Waals surface area contributed by atoms with Gasteiger partial charge >= 0.3 is 5.97 Å². The highest BCUT2D eigenvalue weighted by Crippen LogP contribution is 2.28. The quantitative estimate of drug-likeness (QED) is 0.816. The van der Waals surface area contributed by atoms with E-state index in [-0.39, 0.29) is 11.3 Å². The van der Waals surface area contributed by atoms with Crippen LogP contribution in [0.4, 0.5) is 5.82 Å². The molecule has 0 bridgehead atoms. The van der Waals surface area contributed by atoms with Gasteiger partial charge in [-0.3, -0.25) is 0 Å². The Morgan fingerprint density at radius 3 is 3.11 bits per heavy atom. The van der Waals surface area contributed by atoms with E-state index in [2.05, 4.69) is 4.98 Å². The molecule has 18 heavy (non-hydrogen) atoms. The van der Waals surface area contributed by atoms with E-state index in [9.17, 15) is 4.79 Å². The Balaban J connectivity index is 2.13. The summed E-state index contributed by atoms with van der Waals surface area (Å²) in [6.45, 7) is 5.48. The highest BCUT2D eigenvalue weighted by Gasteiger charge is 2.31. The number of imidazole rings is 1. The Hall–Kier alpha value is -1.56. The molecule has 1 aliphatic rings. The fraction of sp³-hybridized carbons (Fsp3) is 0.667. The number of carbonyl (C=O) groups is 1. The SMILES string of the molecule is CCOC(=O)c1ncn(CC2(C)CCCO2)c1N. The number of rotatable bonds is 4. The number of hydrogen-bond acceptors (Lipinski definition) is 5. The predicted molar refractivity (Wildman–Crippen MR) is 66.2 cm³/mol. The second kappa shape index (κ2) is 4.97. The van der Waals surface area contributed by atoms with Crippen LogP contribution >= 0.6 is 0 Å². The number of anilines is 1. The molecule has 1 aliphatic heterocycles. The molecule has 6 nitrogen and oxygen atoms in total. The Bertz CT molecular complexity index is 436. The first-order chi connectivity index (χ1) is 8.56. The van der Waals surface area contributed by atoms with Gasteiger partial charge in [0.05, 0.1) is 25.1 Å². The summed E-state index contributed by atoms with van der Waals surface area (Å²) in [6.07, 6.45) is 3.60. The molecule has 1 aromatic rings. The minimum atomic E-state index is -0.480. The number of ether oxygens (including phenoxy) is 2. The van der Waals surface area contributed by atoms with Gasteiger partial charge in [-0.15, -0.1) is 0 Å². The predicted octanol–water partition coefficient (Wildman–Crippen LogP) is 1.21. The largest absolute Gasteiger partial charge is 0.461 e. The van der Waals surface area contributed by atoms with Crippen molar-refractivity contribution in [2.24, 2.45) is 0 Å². The minimum Gasteiger partial charge on any atom is -0.461 e. The van der Waals surface area contributed by atoms with Crippen molar-refractivity contribution in [3.8, 4) is 0 Å². The summed E-state index contributed by atoms with van der Waals surface area (Å²) in [4.78, 5) is 15.6. The molecule has 100 valence electrons. The molecule has 2 rings (SSSR count). The van der Waals surface area contributed by atoms with Gasteiger partial charge in [0.2, 0.25) is 0 Å². The first-order valence-electron chi connectivity index (χ1n) is 6.17. The lowest BCUT2D eigenvalue weighted by atomic mass is 10.0. The topological polar surface area (TPSA) is 79.4 Å². The van der Waals surface area contributed by atoms with Crippen LogP contribution in [-0.2, 0) is 16.0 Å². The molecular weight excluding hydrogens is 234 g/mol. The van der Waals surface area contributed by atoms with Crippen LogP contribution in [0, 0.1) is 0 Å². The van der Waals surface area contributed by atoms with E-state index < -0.39 is 5.97 Å². The van der Waals surface area contributed by atoms with Crippen molar-refractivity contribution in [2.75, 3.05) is 18.9 Å². The molecule has 0 spiro atoms. The van der Waals surface area contributed by atoms with Crippen molar-refractivity contribution in [3.63, 3.8) is 0 Å². The zero-order valence-electron chi connectivity index (χ0n) is 10.8. The lowest BCUT2D eigenvalue weighted by Crippen LogP contribution is -2.29. The molecule has 0 saturated carbocycles. The third-order valence-electron chi connectivity index (χ3n) is 3.15. The lowest BCUT2D eigenvalue weighted by Gasteiger charge is -2.23. The Labute approximate surface area is 106 Å². The van der Waals surface area contributed by atoms with E-state index in [0.29, 0.717) is 19.0 Å². The maximum Gasteiger partial charge on any atom is 0.360 e. The molecular formula is C12H19N3O3. The first-order valence-corrected chi connectivity index (χ1v) is 6.17. The average Bonchev–Trinajstić information content (AvgIpc) is 2.88. The standard InChI is InChI=1S/C12H19N3O3/c1-3-17-11(16)9-10(13)15(8-14-9)7-12(2)5-4-6-18-12/h8H,3-7,13H2,1-2H3. The van der Waals surface area contributed by atoms with Gasteiger partial charge in [-0.1, -0.05) is 0 Å². The minimum absolute atomic E-state index is 0.179. The van der Waals surface area contributed by atoms with E-state index >= 15 is 0 Å². The molecule has 1 saturated heterocycles. The van der Waals surface area contributed by atoms with Crippen LogP contribution in [0.3, 0.4) is 0 Å². The van der Waals surface area contributed by atoms with Crippen LogP contribution in [-0.4, -0.2) is 34.3 Å². The molecule has 0 amide bonds. The van der Waals surface area contributed by atoms with Crippen molar-refractivity contribution < 1.29 is 14.3 Å². The van der Waals surface area contributed by atoms with Gasteiger partial charge < -0.3 is 19.8 Å². The molecule has 1 unspecified atom stereocenters. The third-order valence-corrected chi connectivity index (χ3v) is 3.15. The molecule has 2 heterocycles. The van der Waals surface area contributed by atoms with Gasteiger partial charge in [0.1, 0.15) is 5.82 Å². The second-order valence-electron chi connectivity index (χ2n) is 4.73. The second-order valence-corrected chi connectivity index (χ2v) is 4.73. The molecule has 1 fully saturated rings. The van der Waals surface area contributed by atoms with E-state index in [1.807, 2.05) is 6.92 Å². The maximum absolute atomic E-state index is 11.6. The fourth-order valence-electron chi connectivity index (χ4n) is 2.20. The third kappa shape index (κ3) is 2.48. The number of carbonyl (C=O) groups excluding carboxylic acids is 1. The van der Waals surface area contributed by atoms with Crippen LogP contribution in [0.5, 0.6) is 0 Å². The van der Waals surface area contributed by atoms with Crippen LogP contribution in [0.25, 0.3) is 0 Å². The first kappa shape index (κ1) is 12.9. The summed E-state index contributed by atoms with van der Waals surface area (Å²) in [7, 11) is 0. The number of nitrogens with zero attached hydrogens (tertiary/aromatic N) is 2. The number of esters is 1. The summed E-state index contributed by atoms with van der Waals surface area (Å²) in [6, 6.07) is 0. The van der Waals surface area contributed by atoms with Crippen molar-refractivity contribution >= 4 is 11.8 Å². The molecule has 1 aromatic heterocycles. The van der Waals surface area contributed by atoms with Gasteiger partial charge in [-0.05, 0) is 26.7 Å². The van der Waals surface area contributed by atoms with Gasteiger partial charge in [0, 0.05) is 6.61 Å². The Kier molecular flexibility index (Phi) is 3.56. The van der Waals surface area contributed by atoms with Gasteiger partial charge in [0.25, 0.3) is 0 Å². The summed E-state index contributed by atoms with van der Waals surface area (Å²) in [5, 5.41) is 0. The molecule has 6 heteroatoms. The smallest absolute Gasteiger partial charge is 0.360 e.